The lowest BCUT2D eigenvalue weighted by atomic mass is 10.1. The molecule has 1 N–H and O–H groups in total. The normalized spacial score (nSPS) is 23.6. The highest BCUT2D eigenvalue weighted by atomic mass is 127. The van der Waals surface area contributed by atoms with E-state index < -0.39 is 54.4 Å². The van der Waals surface area contributed by atoms with E-state index in [-0.39, 0.29) is 9.13 Å². The molecule has 0 spiro atoms. The van der Waals surface area contributed by atoms with Crippen molar-refractivity contribution in [1.82, 2.24) is 9.55 Å². The minimum absolute atomic E-state index is 0.140. The van der Waals surface area contributed by atoms with Crippen molar-refractivity contribution >= 4 is 34.5 Å². The standard InChI is InChI=1S/C18H16FIN2O7/c1-9(23)28-14-12(8-27-17(25)10-5-3-2-4-6-10)29-16(13(14)19)22-7-11(20)15(24)21-18(22)26/h2-7,12-14,16H,8H2,1H3,(H,21,24,26)/t12-,13+,14-,16-/m1/s1. The fourth-order valence-electron chi connectivity index (χ4n) is 2.85. The number of hydrogen-bond donors (Lipinski definition) is 1. The van der Waals surface area contributed by atoms with Crippen molar-refractivity contribution in [2.24, 2.45) is 0 Å². The molecule has 4 atom stereocenters. The van der Waals surface area contributed by atoms with E-state index in [1.165, 1.54) is 0 Å². The number of hydrogen-bond acceptors (Lipinski definition) is 7. The maximum Gasteiger partial charge on any atom is 0.338 e. The Morgan fingerprint density at radius 2 is 1.97 bits per heavy atom. The van der Waals surface area contributed by atoms with Crippen molar-refractivity contribution < 1.29 is 28.2 Å². The Hall–Kier alpha value is -2.54. The molecule has 0 radical (unpaired) electrons. The van der Waals surface area contributed by atoms with Gasteiger partial charge in [-0.2, -0.15) is 0 Å². The van der Waals surface area contributed by atoms with Crippen LogP contribution in [0.2, 0.25) is 0 Å². The molecule has 1 aliphatic rings. The number of ether oxygens (including phenoxy) is 3. The lowest BCUT2D eigenvalue weighted by Crippen LogP contribution is -2.38. The van der Waals surface area contributed by atoms with Gasteiger partial charge >= 0.3 is 17.6 Å². The third kappa shape index (κ3) is 4.72. The van der Waals surface area contributed by atoms with Gasteiger partial charge in [0.1, 0.15) is 12.7 Å². The van der Waals surface area contributed by atoms with E-state index in [1.807, 2.05) is 0 Å². The second kappa shape index (κ2) is 8.86. The predicted octanol–water partition coefficient (Wildman–Crippen LogP) is 1.17. The summed E-state index contributed by atoms with van der Waals surface area (Å²) in [6.45, 7) is 0.694. The van der Waals surface area contributed by atoms with Gasteiger partial charge in [0.25, 0.3) is 5.56 Å². The molecule has 0 amide bonds. The van der Waals surface area contributed by atoms with Crippen molar-refractivity contribution in [1.29, 1.82) is 0 Å². The Kier molecular flexibility index (Phi) is 6.47. The summed E-state index contributed by atoms with van der Waals surface area (Å²) >= 11 is 1.69. The summed E-state index contributed by atoms with van der Waals surface area (Å²) in [6, 6.07) is 8.13. The Morgan fingerprint density at radius 3 is 2.62 bits per heavy atom. The highest BCUT2D eigenvalue weighted by Crippen LogP contribution is 2.33. The Labute approximate surface area is 176 Å². The zero-order chi connectivity index (χ0) is 21.1. The van der Waals surface area contributed by atoms with Gasteiger partial charge in [0.2, 0.25) is 0 Å². The summed E-state index contributed by atoms with van der Waals surface area (Å²) in [5.74, 6) is -1.42. The van der Waals surface area contributed by atoms with Crippen LogP contribution in [-0.4, -0.2) is 46.5 Å². The number of carbonyl (C=O) groups is 2. The highest BCUT2D eigenvalue weighted by molar-refractivity contribution is 14.1. The van der Waals surface area contributed by atoms with Gasteiger partial charge < -0.3 is 14.2 Å². The summed E-state index contributed by atoms with van der Waals surface area (Å²) in [7, 11) is 0. The number of nitrogens with zero attached hydrogens (tertiary/aromatic N) is 1. The van der Waals surface area contributed by atoms with Crippen LogP contribution in [0.3, 0.4) is 0 Å². The zero-order valence-electron chi connectivity index (χ0n) is 15.0. The molecule has 3 rings (SSSR count). The van der Waals surface area contributed by atoms with E-state index in [4.69, 9.17) is 14.2 Å². The van der Waals surface area contributed by atoms with Crippen LogP contribution >= 0.6 is 22.6 Å². The van der Waals surface area contributed by atoms with Gasteiger partial charge in [-0.25, -0.2) is 14.0 Å². The molecule has 9 nitrogen and oxygen atoms in total. The second-order valence-electron chi connectivity index (χ2n) is 6.19. The zero-order valence-corrected chi connectivity index (χ0v) is 17.2. The molecule has 0 saturated carbocycles. The number of aromatic amines is 1. The average molecular weight is 518 g/mol. The van der Waals surface area contributed by atoms with Crippen LogP contribution in [-0.2, 0) is 19.0 Å². The summed E-state index contributed by atoms with van der Waals surface area (Å²) in [5.41, 5.74) is -1.22. The number of rotatable bonds is 5. The number of esters is 2. The summed E-state index contributed by atoms with van der Waals surface area (Å²) in [6.07, 6.45) is -4.82. The third-order valence-electron chi connectivity index (χ3n) is 4.16. The number of H-pyrrole nitrogens is 1. The number of carbonyl (C=O) groups excluding carboxylic acids is 2. The van der Waals surface area contributed by atoms with Crippen LogP contribution in [0.5, 0.6) is 0 Å². The van der Waals surface area contributed by atoms with Gasteiger partial charge in [0, 0.05) is 13.1 Å². The number of alkyl halides is 1. The molecule has 154 valence electrons. The molecule has 0 aliphatic carbocycles. The molecule has 1 fully saturated rings. The van der Waals surface area contributed by atoms with Gasteiger partial charge in [-0.15, -0.1) is 0 Å². The Morgan fingerprint density at radius 1 is 1.28 bits per heavy atom. The molecular formula is C18H16FIN2O7. The van der Waals surface area contributed by atoms with E-state index in [0.717, 1.165) is 17.7 Å². The van der Waals surface area contributed by atoms with E-state index >= 15 is 4.39 Å². The lowest BCUT2D eigenvalue weighted by molar-refractivity contribution is -0.152. The highest BCUT2D eigenvalue weighted by Gasteiger charge is 2.49. The fourth-order valence-corrected chi connectivity index (χ4v) is 3.28. The van der Waals surface area contributed by atoms with Crippen molar-refractivity contribution in [3.05, 3.63) is 66.5 Å². The van der Waals surface area contributed by atoms with Crippen LogP contribution in [0.1, 0.15) is 23.5 Å². The summed E-state index contributed by atoms with van der Waals surface area (Å²) in [4.78, 5) is 49.2. The molecule has 1 aromatic heterocycles. The molecule has 11 heteroatoms. The molecule has 2 heterocycles. The minimum atomic E-state index is -1.93. The number of aromatic nitrogens is 2. The number of benzene rings is 1. The first-order valence-corrected chi connectivity index (χ1v) is 9.55. The fraction of sp³-hybridized carbons (Fsp3) is 0.333. The predicted molar refractivity (Wildman–Crippen MR) is 105 cm³/mol. The quantitative estimate of drug-likeness (QED) is 0.467. The summed E-state index contributed by atoms with van der Waals surface area (Å²) < 4.78 is 31.7. The van der Waals surface area contributed by atoms with Gasteiger partial charge in [0.15, 0.2) is 18.5 Å². The van der Waals surface area contributed by atoms with Crippen LogP contribution < -0.4 is 11.2 Å². The maximum atomic E-state index is 15.0. The van der Waals surface area contributed by atoms with Crippen LogP contribution in [0.4, 0.5) is 4.39 Å². The SMILES string of the molecule is CC(=O)O[C@H]1[C@H](F)[C@H](n2cc(I)c(=O)[nH]c2=O)O[C@@H]1COC(=O)c1ccccc1. The molecule has 0 bridgehead atoms. The van der Waals surface area contributed by atoms with Crippen molar-refractivity contribution in [2.45, 2.75) is 31.5 Å². The summed E-state index contributed by atoms with van der Waals surface area (Å²) in [5, 5.41) is 0. The van der Waals surface area contributed by atoms with Gasteiger partial charge in [-0.1, -0.05) is 18.2 Å². The number of halogens is 2. The van der Waals surface area contributed by atoms with E-state index in [9.17, 15) is 19.2 Å². The minimum Gasteiger partial charge on any atom is -0.459 e. The van der Waals surface area contributed by atoms with Gasteiger partial charge in [-0.05, 0) is 34.7 Å². The first-order valence-electron chi connectivity index (χ1n) is 8.48. The molecule has 1 aliphatic heterocycles. The first-order chi connectivity index (χ1) is 13.8. The van der Waals surface area contributed by atoms with E-state index in [2.05, 4.69) is 4.98 Å². The molecule has 1 aromatic carbocycles. The van der Waals surface area contributed by atoms with Crippen molar-refractivity contribution in [3.8, 4) is 0 Å². The monoisotopic (exact) mass is 518 g/mol. The molecule has 2 aromatic rings. The van der Waals surface area contributed by atoms with Crippen molar-refractivity contribution in [3.63, 3.8) is 0 Å². The lowest BCUT2D eigenvalue weighted by Gasteiger charge is -2.18. The van der Waals surface area contributed by atoms with Gasteiger partial charge in [-0.3, -0.25) is 19.1 Å². The van der Waals surface area contributed by atoms with Crippen molar-refractivity contribution in [2.75, 3.05) is 6.61 Å². The van der Waals surface area contributed by atoms with E-state index in [1.54, 1.807) is 52.9 Å². The molecule has 0 unspecified atom stereocenters. The topological polar surface area (TPSA) is 117 Å². The first kappa shape index (κ1) is 21.2. The average Bonchev–Trinajstić information content (AvgIpc) is 2.98. The smallest absolute Gasteiger partial charge is 0.338 e. The van der Waals surface area contributed by atoms with Crippen LogP contribution in [0.15, 0.2) is 46.1 Å². The van der Waals surface area contributed by atoms with Crippen LogP contribution in [0, 0.1) is 3.57 Å². The largest absolute Gasteiger partial charge is 0.459 e. The Balaban J connectivity index is 1.81. The maximum absolute atomic E-state index is 15.0. The number of nitrogens with one attached hydrogen (secondary N) is 1. The second-order valence-corrected chi connectivity index (χ2v) is 7.35. The van der Waals surface area contributed by atoms with E-state index in [0.29, 0.717) is 0 Å². The third-order valence-corrected chi connectivity index (χ3v) is 4.92. The Bertz CT molecular complexity index is 1020. The molecular weight excluding hydrogens is 502 g/mol. The van der Waals surface area contributed by atoms with Gasteiger partial charge in [0.05, 0.1) is 9.13 Å². The molecule has 1 saturated heterocycles. The molecule has 29 heavy (non-hydrogen) atoms. The van der Waals surface area contributed by atoms with Crippen LogP contribution in [0.25, 0.3) is 0 Å².